The van der Waals surface area contributed by atoms with E-state index in [1.165, 1.54) is 10.6 Å². The summed E-state index contributed by atoms with van der Waals surface area (Å²) >= 11 is 0. The largest absolute Gasteiger partial charge is 0.348 e. The molecule has 1 heterocycles. The second kappa shape index (κ2) is 4.92. The first-order valence-corrected chi connectivity index (χ1v) is 5.50. The number of hydrogen-bond donors (Lipinski definition) is 0. The first-order chi connectivity index (χ1) is 9.40. The van der Waals surface area contributed by atoms with Crippen molar-refractivity contribution in [2.45, 2.75) is 0 Å². The molecule has 0 unspecified atom stereocenters. The maximum atomic E-state index is 12.2. The highest BCUT2D eigenvalue weighted by molar-refractivity contribution is 6.08. The fourth-order valence-corrected chi connectivity index (χ4v) is 1.78. The SMILES string of the molecule is Cn1cccc1C(=O)c1cc([N+](=O)[O-])cc([N+](=O)[O-])c1. The quantitative estimate of drug-likeness (QED) is 0.482. The lowest BCUT2D eigenvalue weighted by molar-refractivity contribution is -0.394. The third kappa shape index (κ3) is 2.39. The van der Waals surface area contributed by atoms with Crippen molar-refractivity contribution in [2.24, 2.45) is 7.05 Å². The van der Waals surface area contributed by atoms with Gasteiger partial charge in [0.05, 0.1) is 21.6 Å². The summed E-state index contributed by atoms with van der Waals surface area (Å²) in [7, 11) is 1.64. The number of rotatable bonds is 4. The van der Waals surface area contributed by atoms with Gasteiger partial charge in [-0.05, 0) is 12.1 Å². The van der Waals surface area contributed by atoms with E-state index in [1.54, 1.807) is 19.3 Å². The number of carbonyl (C=O) groups excluding carboxylic acids is 1. The van der Waals surface area contributed by atoms with Crippen molar-refractivity contribution >= 4 is 17.2 Å². The zero-order valence-electron chi connectivity index (χ0n) is 10.3. The Kier molecular flexibility index (Phi) is 3.30. The number of nitro groups is 2. The van der Waals surface area contributed by atoms with Crippen molar-refractivity contribution in [3.63, 3.8) is 0 Å². The van der Waals surface area contributed by atoms with Gasteiger partial charge in [-0.15, -0.1) is 0 Å². The highest BCUT2D eigenvalue weighted by Crippen LogP contribution is 2.24. The van der Waals surface area contributed by atoms with Gasteiger partial charge in [-0.1, -0.05) is 0 Å². The third-order valence-electron chi connectivity index (χ3n) is 2.76. The molecule has 8 heteroatoms. The number of aromatic nitrogens is 1. The molecule has 0 amide bonds. The molecule has 2 rings (SSSR count). The van der Waals surface area contributed by atoms with E-state index in [9.17, 15) is 25.0 Å². The van der Waals surface area contributed by atoms with E-state index >= 15 is 0 Å². The van der Waals surface area contributed by atoms with Crippen LogP contribution in [0.25, 0.3) is 0 Å². The van der Waals surface area contributed by atoms with Crippen LogP contribution >= 0.6 is 0 Å². The van der Waals surface area contributed by atoms with Crippen molar-refractivity contribution in [3.05, 3.63) is 68.0 Å². The molecule has 20 heavy (non-hydrogen) atoms. The van der Waals surface area contributed by atoms with Crippen LogP contribution in [0, 0.1) is 20.2 Å². The number of ketones is 1. The molecule has 8 nitrogen and oxygen atoms in total. The molecule has 0 atom stereocenters. The smallest absolute Gasteiger partial charge is 0.277 e. The van der Waals surface area contributed by atoms with Gasteiger partial charge in [0, 0.05) is 30.9 Å². The molecule has 0 N–H and O–H groups in total. The number of benzene rings is 1. The van der Waals surface area contributed by atoms with E-state index in [0.717, 1.165) is 18.2 Å². The molecule has 0 radical (unpaired) electrons. The zero-order valence-corrected chi connectivity index (χ0v) is 10.3. The number of aryl methyl sites for hydroxylation is 1. The van der Waals surface area contributed by atoms with E-state index in [1.807, 2.05) is 0 Å². The van der Waals surface area contributed by atoms with Gasteiger partial charge in [0.25, 0.3) is 11.4 Å². The molecule has 2 aromatic rings. The van der Waals surface area contributed by atoms with Gasteiger partial charge in [0.15, 0.2) is 0 Å². The Labute approximate surface area is 112 Å². The van der Waals surface area contributed by atoms with Crippen LogP contribution in [0.5, 0.6) is 0 Å². The van der Waals surface area contributed by atoms with Gasteiger partial charge in [-0.3, -0.25) is 25.0 Å². The Hall–Kier alpha value is -3.03. The van der Waals surface area contributed by atoms with Crippen LogP contribution in [0.4, 0.5) is 11.4 Å². The summed E-state index contributed by atoms with van der Waals surface area (Å²) in [5.41, 5.74) is -0.777. The van der Waals surface area contributed by atoms with Crippen LogP contribution in [0.3, 0.4) is 0 Å². The Morgan fingerprint density at radius 3 is 2.05 bits per heavy atom. The summed E-state index contributed by atoms with van der Waals surface area (Å²) < 4.78 is 1.53. The predicted molar refractivity (Wildman–Crippen MR) is 68.6 cm³/mol. The van der Waals surface area contributed by atoms with E-state index in [-0.39, 0.29) is 5.56 Å². The summed E-state index contributed by atoms with van der Waals surface area (Å²) in [6.07, 6.45) is 1.64. The average Bonchev–Trinajstić information content (AvgIpc) is 2.83. The standard InChI is InChI=1S/C12H9N3O5/c1-13-4-2-3-11(13)12(16)8-5-9(14(17)18)7-10(6-8)15(19)20/h2-7H,1H3. The van der Waals surface area contributed by atoms with E-state index in [2.05, 4.69) is 0 Å². The van der Waals surface area contributed by atoms with Gasteiger partial charge < -0.3 is 4.57 Å². The van der Waals surface area contributed by atoms with Crippen molar-refractivity contribution in [1.82, 2.24) is 4.57 Å². The predicted octanol–water partition coefficient (Wildman–Crippen LogP) is 2.07. The maximum absolute atomic E-state index is 12.2. The summed E-state index contributed by atoms with van der Waals surface area (Å²) in [5, 5.41) is 21.5. The second-order valence-electron chi connectivity index (χ2n) is 4.09. The number of carbonyl (C=O) groups is 1. The summed E-state index contributed by atoms with van der Waals surface area (Å²) in [6.45, 7) is 0. The van der Waals surface area contributed by atoms with Crippen LogP contribution in [0.15, 0.2) is 36.5 Å². The first-order valence-electron chi connectivity index (χ1n) is 5.50. The molecule has 0 aliphatic rings. The summed E-state index contributed by atoms with van der Waals surface area (Å²) in [5.74, 6) is -0.510. The fraction of sp³-hybridized carbons (Fsp3) is 0.0833. The van der Waals surface area contributed by atoms with E-state index in [4.69, 9.17) is 0 Å². The lowest BCUT2D eigenvalue weighted by atomic mass is 10.1. The minimum absolute atomic E-state index is 0.0901. The summed E-state index contributed by atoms with van der Waals surface area (Å²) in [6, 6.07) is 6.05. The molecule has 0 aliphatic carbocycles. The van der Waals surface area contributed by atoms with E-state index in [0.29, 0.717) is 5.69 Å². The lowest BCUT2D eigenvalue weighted by Gasteiger charge is -2.03. The Morgan fingerprint density at radius 1 is 1.10 bits per heavy atom. The minimum atomic E-state index is -0.769. The number of nitrogens with zero attached hydrogens (tertiary/aromatic N) is 3. The Morgan fingerprint density at radius 2 is 1.65 bits per heavy atom. The molecule has 102 valence electrons. The highest BCUT2D eigenvalue weighted by Gasteiger charge is 2.21. The van der Waals surface area contributed by atoms with Gasteiger partial charge in [0.2, 0.25) is 5.78 Å². The highest BCUT2D eigenvalue weighted by atomic mass is 16.6. The third-order valence-corrected chi connectivity index (χ3v) is 2.76. The summed E-state index contributed by atoms with van der Waals surface area (Å²) in [4.78, 5) is 32.2. The maximum Gasteiger partial charge on any atom is 0.277 e. The molecular weight excluding hydrogens is 266 g/mol. The van der Waals surface area contributed by atoms with Crippen molar-refractivity contribution in [2.75, 3.05) is 0 Å². The van der Waals surface area contributed by atoms with Crippen molar-refractivity contribution < 1.29 is 14.6 Å². The Bertz CT molecular complexity index is 687. The van der Waals surface area contributed by atoms with Crippen molar-refractivity contribution in [1.29, 1.82) is 0 Å². The molecule has 0 spiro atoms. The van der Waals surface area contributed by atoms with Crippen LogP contribution in [-0.4, -0.2) is 20.2 Å². The number of non-ortho nitro benzene ring substituents is 2. The molecule has 0 saturated heterocycles. The molecule has 0 aliphatic heterocycles. The monoisotopic (exact) mass is 275 g/mol. The van der Waals surface area contributed by atoms with Gasteiger partial charge >= 0.3 is 0 Å². The van der Waals surface area contributed by atoms with Crippen LogP contribution in [-0.2, 0) is 7.05 Å². The average molecular weight is 275 g/mol. The number of nitro benzene ring substituents is 2. The normalized spacial score (nSPS) is 10.2. The van der Waals surface area contributed by atoms with Crippen LogP contribution < -0.4 is 0 Å². The van der Waals surface area contributed by atoms with Crippen LogP contribution in [0.2, 0.25) is 0 Å². The van der Waals surface area contributed by atoms with Crippen LogP contribution in [0.1, 0.15) is 16.1 Å². The minimum Gasteiger partial charge on any atom is -0.348 e. The van der Waals surface area contributed by atoms with E-state index < -0.39 is 27.0 Å². The van der Waals surface area contributed by atoms with Crippen molar-refractivity contribution in [3.8, 4) is 0 Å². The molecule has 1 aromatic carbocycles. The fourth-order valence-electron chi connectivity index (χ4n) is 1.78. The molecular formula is C12H9N3O5. The molecule has 0 saturated carbocycles. The van der Waals surface area contributed by atoms with Gasteiger partial charge in [-0.2, -0.15) is 0 Å². The van der Waals surface area contributed by atoms with Gasteiger partial charge in [-0.25, -0.2) is 0 Å². The Balaban J connectivity index is 2.56. The molecule has 0 fully saturated rings. The lowest BCUT2D eigenvalue weighted by Crippen LogP contribution is -2.08. The second-order valence-corrected chi connectivity index (χ2v) is 4.09. The zero-order chi connectivity index (χ0) is 14.9. The topological polar surface area (TPSA) is 108 Å². The molecule has 1 aromatic heterocycles. The number of hydrogen-bond acceptors (Lipinski definition) is 5. The first kappa shape index (κ1) is 13.4. The van der Waals surface area contributed by atoms with Gasteiger partial charge in [0.1, 0.15) is 0 Å². The molecule has 0 bridgehead atoms.